The second-order valence-electron chi connectivity index (χ2n) is 3.54. The van der Waals surface area contributed by atoms with E-state index < -0.39 is 5.41 Å². The van der Waals surface area contributed by atoms with Crippen LogP contribution in [0.4, 0.5) is 0 Å². The Labute approximate surface area is 78.5 Å². The Kier molecular flexibility index (Phi) is 2.71. The molecule has 1 rings (SSSR count). The molecule has 0 heterocycles. The maximum atomic E-state index is 10.8. The molecule has 70 valence electrons. The van der Waals surface area contributed by atoms with Gasteiger partial charge in [0, 0.05) is 11.0 Å². The van der Waals surface area contributed by atoms with Crippen molar-refractivity contribution in [2.45, 2.75) is 19.3 Å². The van der Waals surface area contributed by atoms with Crippen molar-refractivity contribution in [3.63, 3.8) is 0 Å². The molecule has 0 aliphatic carbocycles. The summed E-state index contributed by atoms with van der Waals surface area (Å²) in [5.74, 6) is 0.764. The number of hydrogen-bond acceptors (Lipinski definition) is 2. The molecule has 0 aliphatic rings. The summed E-state index contributed by atoms with van der Waals surface area (Å²) in [6.45, 7) is 3.75. The van der Waals surface area contributed by atoms with Crippen LogP contribution in [0.15, 0.2) is 24.3 Å². The summed E-state index contributed by atoms with van der Waals surface area (Å²) >= 11 is 0. The van der Waals surface area contributed by atoms with E-state index in [0.29, 0.717) is 0 Å². The van der Waals surface area contributed by atoms with Crippen molar-refractivity contribution in [3.05, 3.63) is 29.8 Å². The molecule has 2 heteroatoms. The first-order valence-electron chi connectivity index (χ1n) is 4.21. The molecular weight excluding hydrogens is 164 g/mol. The van der Waals surface area contributed by atoms with Crippen molar-refractivity contribution in [3.8, 4) is 5.75 Å². The molecule has 0 aromatic heterocycles. The van der Waals surface area contributed by atoms with E-state index in [1.165, 1.54) is 0 Å². The SMILES string of the molecule is COc1ccccc1C(C)(C)C=O. The number of carbonyl (C=O) groups is 1. The van der Waals surface area contributed by atoms with Gasteiger partial charge < -0.3 is 9.53 Å². The number of rotatable bonds is 3. The first-order valence-corrected chi connectivity index (χ1v) is 4.21. The maximum Gasteiger partial charge on any atom is 0.130 e. The van der Waals surface area contributed by atoms with Gasteiger partial charge in [0.1, 0.15) is 12.0 Å². The highest BCUT2D eigenvalue weighted by atomic mass is 16.5. The monoisotopic (exact) mass is 178 g/mol. The fraction of sp³-hybridized carbons (Fsp3) is 0.364. The molecule has 0 amide bonds. The first kappa shape index (κ1) is 9.78. The zero-order chi connectivity index (χ0) is 9.90. The summed E-state index contributed by atoms with van der Waals surface area (Å²) in [5.41, 5.74) is 0.444. The van der Waals surface area contributed by atoms with Gasteiger partial charge in [-0.1, -0.05) is 18.2 Å². The van der Waals surface area contributed by atoms with Gasteiger partial charge in [0.15, 0.2) is 0 Å². The van der Waals surface area contributed by atoms with Gasteiger partial charge in [-0.05, 0) is 19.9 Å². The first-order chi connectivity index (χ1) is 6.11. The van der Waals surface area contributed by atoms with Crippen LogP contribution in [0.1, 0.15) is 19.4 Å². The van der Waals surface area contributed by atoms with E-state index in [0.717, 1.165) is 17.6 Å². The molecule has 0 saturated heterocycles. The van der Waals surface area contributed by atoms with Crippen molar-refractivity contribution in [1.29, 1.82) is 0 Å². The van der Waals surface area contributed by atoms with E-state index in [2.05, 4.69) is 0 Å². The van der Waals surface area contributed by atoms with Gasteiger partial charge in [-0.15, -0.1) is 0 Å². The third kappa shape index (κ3) is 1.89. The number of benzene rings is 1. The Bertz CT molecular complexity index is 303. The van der Waals surface area contributed by atoms with E-state index in [1.807, 2.05) is 38.1 Å². The number of para-hydroxylation sites is 1. The Morgan fingerprint density at radius 2 is 1.92 bits per heavy atom. The van der Waals surface area contributed by atoms with Crippen LogP contribution in [-0.2, 0) is 10.2 Å². The average Bonchev–Trinajstić information content (AvgIpc) is 2.18. The van der Waals surface area contributed by atoms with Crippen molar-refractivity contribution in [2.75, 3.05) is 7.11 Å². The standard InChI is InChI=1S/C11H14O2/c1-11(2,8-12)9-6-4-5-7-10(9)13-3/h4-8H,1-3H3. The Hall–Kier alpha value is -1.31. The molecule has 0 aliphatic heterocycles. The smallest absolute Gasteiger partial charge is 0.130 e. The number of methoxy groups -OCH3 is 1. The molecule has 0 atom stereocenters. The number of hydrogen-bond donors (Lipinski definition) is 0. The highest BCUT2D eigenvalue weighted by molar-refractivity contribution is 5.69. The lowest BCUT2D eigenvalue weighted by atomic mass is 9.86. The lowest BCUT2D eigenvalue weighted by molar-refractivity contribution is -0.111. The summed E-state index contributed by atoms with van der Waals surface area (Å²) in [4.78, 5) is 10.8. The predicted molar refractivity (Wildman–Crippen MR) is 52.1 cm³/mol. The summed E-state index contributed by atoms with van der Waals surface area (Å²) in [6.07, 6.45) is 0.935. The van der Waals surface area contributed by atoms with Crippen LogP contribution < -0.4 is 4.74 Å². The van der Waals surface area contributed by atoms with Crippen LogP contribution in [0.5, 0.6) is 5.75 Å². The average molecular weight is 178 g/mol. The van der Waals surface area contributed by atoms with Gasteiger partial charge in [-0.2, -0.15) is 0 Å². The Balaban J connectivity index is 3.20. The van der Waals surface area contributed by atoms with E-state index >= 15 is 0 Å². The topological polar surface area (TPSA) is 26.3 Å². The molecule has 0 unspecified atom stereocenters. The lowest BCUT2D eigenvalue weighted by Gasteiger charge is -2.19. The highest BCUT2D eigenvalue weighted by Crippen LogP contribution is 2.29. The number of carbonyl (C=O) groups excluding carboxylic acids is 1. The van der Waals surface area contributed by atoms with Crippen molar-refractivity contribution < 1.29 is 9.53 Å². The fourth-order valence-electron chi connectivity index (χ4n) is 1.24. The van der Waals surface area contributed by atoms with Gasteiger partial charge >= 0.3 is 0 Å². The van der Waals surface area contributed by atoms with E-state index in [1.54, 1.807) is 7.11 Å². The van der Waals surface area contributed by atoms with Crippen molar-refractivity contribution in [2.24, 2.45) is 0 Å². The van der Waals surface area contributed by atoms with E-state index in [-0.39, 0.29) is 0 Å². The van der Waals surface area contributed by atoms with Gasteiger partial charge in [-0.3, -0.25) is 0 Å². The molecule has 13 heavy (non-hydrogen) atoms. The molecule has 1 aromatic rings. The van der Waals surface area contributed by atoms with Crippen LogP contribution in [-0.4, -0.2) is 13.4 Å². The largest absolute Gasteiger partial charge is 0.496 e. The summed E-state index contributed by atoms with van der Waals surface area (Å²) in [6, 6.07) is 7.57. The minimum atomic E-state index is -0.480. The Morgan fingerprint density at radius 1 is 1.31 bits per heavy atom. The molecule has 0 bridgehead atoms. The molecule has 0 radical (unpaired) electrons. The summed E-state index contributed by atoms with van der Waals surface area (Å²) < 4.78 is 5.17. The number of aldehydes is 1. The minimum absolute atomic E-state index is 0.480. The van der Waals surface area contributed by atoms with E-state index in [9.17, 15) is 4.79 Å². The molecule has 1 aromatic carbocycles. The zero-order valence-electron chi connectivity index (χ0n) is 8.20. The molecule has 0 fully saturated rings. The molecule has 0 N–H and O–H groups in total. The second kappa shape index (κ2) is 3.60. The zero-order valence-corrected chi connectivity index (χ0v) is 8.20. The Morgan fingerprint density at radius 3 is 2.46 bits per heavy atom. The second-order valence-corrected chi connectivity index (χ2v) is 3.54. The quantitative estimate of drug-likeness (QED) is 0.663. The third-order valence-electron chi connectivity index (χ3n) is 2.10. The normalized spacial score (nSPS) is 11.0. The van der Waals surface area contributed by atoms with Crippen molar-refractivity contribution in [1.82, 2.24) is 0 Å². The number of ether oxygens (including phenoxy) is 1. The highest BCUT2D eigenvalue weighted by Gasteiger charge is 2.22. The van der Waals surface area contributed by atoms with Crippen LogP contribution in [0.3, 0.4) is 0 Å². The lowest BCUT2D eigenvalue weighted by Crippen LogP contribution is -2.19. The summed E-state index contributed by atoms with van der Waals surface area (Å²) in [7, 11) is 1.61. The third-order valence-corrected chi connectivity index (χ3v) is 2.10. The fourth-order valence-corrected chi connectivity index (χ4v) is 1.24. The van der Waals surface area contributed by atoms with Gasteiger partial charge in [-0.25, -0.2) is 0 Å². The van der Waals surface area contributed by atoms with Gasteiger partial charge in [0.05, 0.1) is 7.11 Å². The van der Waals surface area contributed by atoms with E-state index in [4.69, 9.17) is 4.74 Å². The van der Waals surface area contributed by atoms with Crippen LogP contribution in [0.2, 0.25) is 0 Å². The predicted octanol–water partition coefficient (Wildman–Crippen LogP) is 2.17. The van der Waals surface area contributed by atoms with Crippen LogP contribution in [0.25, 0.3) is 0 Å². The van der Waals surface area contributed by atoms with Gasteiger partial charge in [0.25, 0.3) is 0 Å². The molecule has 2 nitrogen and oxygen atoms in total. The molecule has 0 saturated carbocycles. The maximum absolute atomic E-state index is 10.8. The van der Waals surface area contributed by atoms with Crippen LogP contribution >= 0.6 is 0 Å². The van der Waals surface area contributed by atoms with Crippen LogP contribution in [0, 0.1) is 0 Å². The van der Waals surface area contributed by atoms with Gasteiger partial charge in [0.2, 0.25) is 0 Å². The molecular formula is C11H14O2. The van der Waals surface area contributed by atoms with Crippen molar-refractivity contribution >= 4 is 6.29 Å². The molecule has 0 spiro atoms. The summed E-state index contributed by atoms with van der Waals surface area (Å²) in [5, 5.41) is 0. The minimum Gasteiger partial charge on any atom is -0.496 e.